The monoisotopic (exact) mass is 340 g/mol. The van der Waals surface area contributed by atoms with Gasteiger partial charge in [-0.25, -0.2) is 0 Å². The average molecular weight is 341 g/mol. The van der Waals surface area contributed by atoms with Crippen molar-refractivity contribution in [3.63, 3.8) is 0 Å². The molecule has 0 aromatic carbocycles. The minimum absolute atomic E-state index is 0. The molecule has 0 aliphatic rings. The molecule has 1 nitrogen and oxygen atoms in total. The Morgan fingerprint density at radius 1 is 1.44 bits per heavy atom. The molecule has 4 heteroatoms. The van der Waals surface area contributed by atoms with Crippen LogP contribution in [0.2, 0.25) is 0 Å². The quantitative estimate of drug-likeness (QED) is 0.454. The van der Waals surface area contributed by atoms with E-state index >= 15 is 0 Å². The smallest absolute Gasteiger partial charge is 1.00 e. The molecule has 9 heavy (non-hydrogen) atoms. The largest absolute Gasteiger partial charge is 1.00 e. The molecule has 0 bridgehead atoms. The van der Waals surface area contributed by atoms with Crippen molar-refractivity contribution in [3.05, 3.63) is 17.8 Å². The summed E-state index contributed by atoms with van der Waals surface area (Å²) < 4.78 is 1.19. The standard InChI is InChI=1S/C5H6N.2BrH.Ru/c1-5-2-3-6-4-5;;;/h2-3,6H,1H3;2*1H;/q;;;+2/p-2. The molecule has 0 aliphatic carbocycles. The van der Waals surface area contributed by atoms with Gasteiger partial charge in [0.2, 0.25) is 0 Å². The Balaban J connectivity index is 0. The van der Waals surface area contributed by atoms with Crippen LogP contribution in [0, 0.1) is 6.92 Å². The van der Waals surface area contributed by atoms with Crippen molar-refractivity contribution in [1.29, 1.82) is 0 Å². The van der Waals surface area contributed by atoms with Gasteiger partial charge in [-0.3, -0.25) is 0 Å². The van der Waals surface area contributed by atoms with Crippen molar-refractivity contribution in [2.45, 2.75) is 6.92 Å². The van der Waals surface area contributed by atoms with Crippen molar-refractivity contribution in [2.24, 2.45) is 0 Å². The summed E-state index contributed by atoms with van der Waals surface area (Å²) in [6, 6.07) is 2.05. The first-order valence-corrected chi connectivity index (χ1v) is 2.96. The Morgan fingerprint density at radius 3 is 2.11 bits per heavy atom. The van der Waals surface area contributed by atoms with Gasteiger partial charge in [0.05, 0.1) is 0 Å². The first kappa shape index (κ1) is 12.5. The first-order valence-electron chi connectivity index (χ1n) is 2.09. The predicted molar refractivity (Wildman–Crippen MR) is 25.2 cm³/mol. The number of rotatable bonds is 0. The Morgan fingerprint density at radius 2 is 2.00 bits per heavy atom. The Labute approximate surface area is 85.8 Å². The summed E-state index contributed by atoms with van der Waals surface area (Å²) in [6.45, 7) is 2.07. The summed E-state index contributed by atoms with van der Waals surface area (Å²) in [5.41, 5.74) is 1.30. The van der Waals surface area contributed by atoms with Crippen LogP contribution in [0.4, 0.5) is 0 Å². The second kappa shape index (κ2) is 5.63. The molecular weight excluding hydrogens is 335 g/mol. The van der Waals surface area contributed by atoms with Crippen LogP contribution in [-0.4, -0.2) is 4.98 Å². The molecule has 1 aromatic heterocycles. The second-order valence-electron chi connectivity index (χ2n) is 1.46. The van der Waals surface area contributed by atoms with Gasteiger partial charge in [0.25, 0.3) is 0 Å². The van der Waals surface area contributed by atoms with Crippen LogP contribution < -0.4 is 38.3 Å². The van der Waals surface area contributed by atoms with E-state index < -0.39 is 0 Å². The second-order valence-corrected chi connectivity index (χ2v) is 2.33. The molecule has 0 amide bonds. The van der Waals surface area contributed by atoms with Gasteiger partial charge in [-0.2, -0.15) is 0 Å². The van der Waals surface area contributed by atoms with Crippen LogP contribution in [0.3, 0.4) is 0 Å². The van der Waals surface area contributed by atoms with Crippen LogP contribution >= 0.6 is 0 Å². The van der Waals surface area contributed by atoms with E-state index in [9.17, 15) is 0 Å². The number of hydrogen-bond acceptors (Lipinski definition) is 0. The fourth-order valence-corrected chi connectivity index (χ4v) is 0.712. The number of aromatic amines is 1. The van der Waals surface area contributed by atoms with Crippen LogP contribution in [0.25, 0.3) is 0 Å². The Hall–Kier alpha value is 0.863. The molecule has 0 atom stereocenters. The molecule has 0 saturated heterocycles. The van der Waals surface area contributed by atoms with E-state index in [1.807, 2.05) is 12.3 Å². The summed E-state index contributed by atoms with van der Waals surface area (Å²) in [4.78, 5) is 3.04. The predicted octanol–water partition coefficient (Wildman–Crippen LogP) is -5.50. The zero-order valence-electron chi connectivity index (χ0n) is 4.76. The van der Waals surface area contributed by atoms with Gasteiger partial charge in [-0.1, -0.05) is 0 Å². The first-order chi connectivity index (χ1) is 3.30. The Kier molecular flexibility index (Phi) is 7.84. The molecular formula is C5H6Br2NRu. The molecule has 53 valence electrons. The fraction of sp³-hybridized carbons (Fsp3) is 0.200. The summed E-state index contributed by atoms with van der Waals surface area (Å²) >= 11 is 2.53. The maximum absolute atomic E-state index is 3.04. The molecule has 0 fully saturated rings. The van der Waals surface area contributed by atoms with Crippen LogP contribution in [0.1, 0.15) is 5.56 Å². The summed E-state index contributed by atoms with van der Waals surface area (Å²) in [5, 5.41) is 0. The van der Waals surface area contributed by atoms with Crippen molar-refractivity contribution >= 4 is 4.29 Å². The number of H-pyrrole nitrogens is 1. The van der Waals surface area contributed by atoms with Gasteiger partial charge in [0, 0.05) is 0 Å². The SMILES string of the molecule is Cc1cc[nH][c]1[Ru+2].[Br-].[Br-]. The minimum Gasteiger partial charge on any atom is -1.00 e. The van der Waals surface area contributed by atoms with Crippen LogP contribution in [0.15, 0.2) is 12.3 Å². The minimum atomic E-state index is 0. The van der Waals surface area contributed by atoms with E-state index in [2.05, 4.69) is 30.2 Å². The van der Waals surface area contributed by atoms with Gasteiger partial charge in [-0.05, 0) is 0 Å². The zero-order valence-corrected chi connectivity index (χ0v) is 9.67. The Bertz CT molecular complexity index is 147. The van der Waals surface area contributed by atoms with E-state index in [0.717, 1.165) is 0 Å². The van der Waals surface area contributed by atoms with E-state index in [4.69, 9.17) is 0 Å². The number of halogens is 2. The average Bonchev–Trinajstić information content (AvgIpc) is 1.91. The van der Waals surface area contributed by atoms with Gasteiger partial charge in [-0.15, -0.1) is 0 Å². The molecule has 1 N–H and O–H groups in total. The number of nitrogens with one attached hydrogen (secondary N) is 1. The topological polar surface area (TPSA) is 15.8 Å². The number of hydrogen-bond donors (Lipinski definition) is 1. The number of aromatic nitrogens is 1. The molecule has 0 saturated carbocycles. The van der Waals surface area contributed by atoms with Crippen LogP contribution in [-0.2, 0) is 18.3 Å². The van der Waals surface area contributed by atoms with E-state index in [1.165, 1.54) is 9.85 Å². The van der Waals surface area contributed by atoms with Crippen molar-refractivity contribution in [3.8, 4) is 0 Å². The van der Waals surface area contributed by atoms with Gasteiger partial charge >= 0.3 is 52.3 Å². The van der Waals surface area contributed by atoms with E-state index in [0.29, 0.717) is 0 Å². The van der Waals surface area contributed by atoms with Gasteiger partial charge in [0.15, 0.2) is 0 Å². The number of aryl methyl sites for hydroxylation is 1. The molecule has 1 heterocycles. The van der Waals surface area contributed by atoms with Crippen molar-refractivity contribution in [1.82, 2.24) is 4.98 Å². The fourth-order valence-electron chi connectivity index (χ4n) is 0.423. The molecule has 1 aromatic rings. The summed E-state index contributed by atoms with van der Waals surface area (Å²) in [5.74, 6) is 0. The molecule has 0 aliphatic heterocycles. The van der Waals surface area contributed by atoms with Crippen molar-refractivity contribution in [2.75, 3.05) is 0 Å². The maximum atomic E-state index is 3.04. The van der Waals surface area contributed by atoms with Crippen LogP contribution in [0.5, 0.6) is 0 Å². The normalized spacial score (nSPS) is 7.22. The molecule has 1 rings (SSSR count). The van der Waals surface area contributed by atoms with Crippen molar-refractivity contribution < 1.29 is 52.3 Å². The molecule has 0 radical (unpaired) electrons. The van der Waals surface area contributed by atoms with E-state index in [1.54, 1.807) is 0 Å². The summed E-state index contributed by atoms with van der Waals surface area (Å²) in [7, 11) is 0. The van der Waals surface area contributed by atoms with Gasteiger partial charge in [0.1, 0.15) is 0 Å². The maximum Gasteiger partial charge on any atom is -1.00 e. The van der Waals surface area contributed by atoms with E-state index in [-0.39, 0.29) is 34.0 Å². The van der Waals surface area contributed by atoms with Gasteiger partial charge < -0.3 is 34.0 Å². The molecule has 0 unspecified atom stereocenters. The third-order valence-corrected chi connectivity index (χ3v) is 1.81. The third kappa shape index (κ3) is 3.54. The third-order valence-electron chi connectivity index (χ3n) is 0.876. The molecule has 0 spiro atoms. The zero-order chi connectivity index (χ0) is 5.28. The summed E-state index contributed by atoms with van der Waals surface area (Å²) in [6.07, 6.45) is 1.93.